The highest BCUT2D eigenvalue weighted by Gasteiger charge is 2.26. The smallest absolute Gasteiger partial charge is 0.257 e. The zero-order chi connectivity index (χ0) is 13.2. The largest absolute Gasteiger partial charge is 0.393 e. The molecule has 2 heterocycles. The molecule has 0 aromatic carbocycles. The van der Waals surface area contributed by atoms with Crippen molar-refractivity contribution in [1.82, 2.24) is 24.7 Å². The number of nitrogens with one attached hydrogen (secondary N) is 1. The molecule has 0 unspecified atom stereocenters. The van der Waals surface area contributed by atoms with Gasteiger partial charge >= 0.3 is 0 Å². The topological polar surface area (TPSA) is 115 Å². The van der Waals surface area contributed by atoms with Gasteiger partial charge in [-0.25, -0.2) is 4.68 Å². The summed E-state index contributed by atoms with van der Waals surface area (Å²) in [6, 6.07) is 1.78. The van der Waals surface area contributed by atoms with Gasteiger partial charge in [0.2, 0.25) is 11.9 Å². The van der Waals surface area contributed by atoms with Gasteiger partial charge in [0, 0.05) is 18.9 Å². The summed E-state index contributed by atoms with van der Waals surface area (Å²) in [6.07, 6.45) is 4.86. The Hall–Kier alpha value is -2.22. The van der Waals surface area contributed by atoms with Gasteiger partial charge in [-0.05, 0) is 24.8 Å². The second-order valence-corrected chi connectivity index (χ2v) is 4.64. The minimum Gasteiger partial charge on any atom is -0.393 e. The molecule has 1 fully saturated rings. The van der Waals surface area contributed by atoms with Crippen LogP contribution in [0.5, 0.6) is 0 Å². The summed E-state index contributed by atoms with van der Waals surface area (Å²) in [4.78, 5) is 12.3. The van der Waals surface area contributed by atoms with E-state index in [-0.39, 0.29) is 12.1 Å². The SMILES string of the molecule is Nc1nc(NCC2CC(O)C2)nc(-n2cccn2)n1. The van der Waals surface area contributed by atoms with Crippen molar-refractivity contribution in [3.8, 4) is 5.95 Å². The molecular weight excluding hydrogens is 246 g/mol. The maximum Gasteiger partial charge on any atom is 0.257 e. The molecule has 8 heteroatoms. The fourth-order valence-electron chi connectivity index (χ4n) is 2.05. The first-order valence-corrected chi connectivity index (χ1v) is 6.14. The Morgan fingerprint density at radius 1 is 1.37 bits per heavy atom. The van der Waals surface area contributed by atoms with Crippen molar-refractivity contribution in [2.45, 2.75) is 18.9 Å². The van der Waals surface area contributed by atoms with Gasteiger partial charge in [0.05, 0.1) is 6.10 Å². The number of aliphatic hydroxyl groups excluding tert-OH is 1. The molecule has 0 amide bonds. The standard InChI is InChI=1S/C11H15N7O/c12-9-15-10(13-6-7-4-8(19)5-7)17-11(16-9)18-3-1-2-14-18/h1-3,7-8,19H,4-6H2,(H3,12,13,15,16,17). The Balaban J connectivity index is 1.71. The molecule has 4 N–H and O–H groups in total. The van der Waals surface area contributed by atoms with Gasteiger partial charge < -0.3 is 16.2 Å². The van der Waals surface area contributed by atoms with Gasteiger partial charge in [0.25, 0.3) is 5.95 Å². The zero-order valence-corrected chi connectivity index (χ0v) is 10.3. The van der Waals surface area contributed by atoms with Crippen molar-refractivity contribution < 1.29 is 5.11 Å². The summed E-state index contributed by atoms with van der Waals surface area (Å²) in [5, 5.41) is 16.4. The summed E-state index contributed by atoms with van der Waals surface area (Å²) in [6.45, 7) is 0.721. The maximum atomic E-state index is 9.23. The molecule has 0 atom stereocenters. The normalized spacial score (nSPS) is 21.9. The summed E-state index contributed by atoms with van der Waals surface area (Å²) in [5.41, 5.74) is 5.66. The second-order valence-electron chi connectivity index (χ2n) is 4.64. The first-order valence-electron chi connectivity index (χ1n) is 6.14. The first-order chi connectivity index (χ1) is 9.20. The highest BCUT2D eigenvalue weighted by atomic mass is 16.3. The lowest BCUT2D eigenvalue weighted by molar-refractivity contribution is 0.0486. The van der Waals surface area contributed by atoms with Gasteiger partial charge in [-0.15, -0.1) is 0 Å². The molecule has 0 spiro atoms. The lowest BCUT2D eigenvalue weighted by atomic mass is 9.82. The minimum absolute atomic E-state index is 0.150. The van der Waals surface area contributed by atoms with Crippen molar-refractivity contribution in [3.05, 3.63) is 18.5 Å². The van der Waals surface area contributed by atoms with E-state index in [2.05, 4.69) is 25.4 Å². The van der Waals surface area contributed by atoms with E-state index in [1.807, 2.05) is 0 Å². The third kappa shape index (κ3) is 2.63. The van der Waals surface area contributed by atoms with Crippen molar-refractivity contribution in [2.75, 3.05) is 17.6 Å². The van der Waals surface area contributed by atoms with Crippen LogP contribution in [0.1, 0.15) is 12.8 Å². The lowest BCUT2D eigenvalue weighted by Gasteiger charge is -2.31. The number of hydrogen-bond acceptors (Lipinski definition) is 7. The quantitative estimate of drug-likeness (QED) is 0.699. The number of hydrogen-bond donors (Lipinski definition) is 3. The van der Waals surface area contributed by atoms with Crippen LogP contribution in [0, 0.1) is 5.92 Å². The number of nitrogen functional groups attached to an aromatic ring is 1. The first kappa shape index (κ1) is 11.8. The fourth-order valence-corrected chi connectivity index (χ4v) is 2.05. The van der Waals surface area contributed by atoms with Crippen LogP contribution in [0.25, 0.3) is 5.95 Å². The van der Waals surface area contributed by atoms with Crippen LogP contribution in [-0.4, -0.2) is 42.5 Å². The number of aliphatic hydroxyl groups is 1. The molecular formula is C11H15N7O. The van der Waals surface area contributed by atoms with Crippen LogP contribution in [0.15, 0.2) is 18.5 Å². The molecule has 2 aromatic heterocycles. The van der Waals surface area contributed by atoms with E-state index in [0.29, 0.717) is 17.8 Å². The molecule has 0 bridgehead atoms. The Labute approximate surface area is 109 Å². The van der Waals surface area contributed by atoms with Crippen LogP contribution in [0.4, 0.5) is 11.9 Å². The van der Waals surface area contributed by atoms with E-state index in [9.17, 15) is 5.11 Å². The molecule has 19 heavy (non-hydrogen) atoms. The molecule has 0 aliphatic heterocycles. The van der Waals surface area contributed by atoms with E-state index in [1.165, 1.54) is 4.68 Å². The molecule has 1 aliphatic carbocycles. The van der Waals surface area contributed by atoms with Gasteiger partial charge in [-0.3, -0.25) is 0 Å². The highest BCUT2D eigenvalue weighted by molar-refractivity contribution is 5.34. The van der Waals surface area contributed by atoms with E-state index in [1.54, 1.807) is 18.5 Å². The van der Waals surface area contributed by atoms with Gasteiger partial charge in [-0.1, -0.05) is 0 Å². The third-order valence-electron chi connectivity index (χ3n) is 3.11. The van der Waals surface area contributed by atoms with Crippen molar-refractivity contribution in [2.24, 2.45) is 5.92 Å². The van der Waals surface area contributed by atoms with E-state index < -0.39 is 0 Å². The predicted molar refractivity (Wildman–Crippen MR) is 68.6 cm³/mol. The molecule has 1 saturated carbocycles. The van der Waals surface area contributed by atoms with Crippen LogP contribution in [0.3, 0.4) is 0 Å². The van der Waals surface area contributed by atoms with E-state index in [4.69, 9.17) is 5.73 Å². The van der Waals surface area contributed by atoms with Crippen LogP contribution in [0.2, 0.25) is 0 Å². The Morgan fingerprint density at radius 3 is 2.89 bits per heavy atom. The molecule has 0 saturated heterocycles. The minimum atomic E-state index is -0.158. The van der Waals surface area contributed by atoms with Gasteiger partial charge in [0.15, 0.2) is 0 Å². The predicted octanol–water partition coefficient (Wildman–Crippen LogP) is -0.178. The van der Waals surface area contributed by atoms with Gasteiger partial charge in [0.1, 0.15) is 0 Å². The molecule has 8 nitrogen and oxygen atoms in total. The number of nitrogens with zero attached hydrogens (tertiary/aromatic N) is 5. The second kappa shape index (κ2) is 4.81. The van der Waals surface area contributed by atoms with Crippen molar-refractivity contribution in [1.29, 1.82) is 0 Å². The number of rotatable bonds is 4. The van der Waals surface area contributed by atoms with Crippen LogP contribution in [-0.2, 0) is 0 Å². The number of anilines is 2. The maximum absolute atomic E-state index is 9.23. The lowest BCUT2D eigenvalue weighted by Crippen LogP contribution is -2.33. The van der Waals surface area contributed by atoms with Gasteiger partial charge in [-0.2, -0.15) is 20.1 Å². The Morgan fingerprint density at radius 2 is 2.21 bits per heavy atom. The van der Waals surface area contributed by atoms with Crippen molar-refractivity contribution >= 4 is 11.9 Å². The number of nitrogens with two attached hydrogens (primary N) is 1. The number of aromatic nitrogens is 5. The van der Waals surface area contributed by atoms with E-state index >= 15 is 0 Å². The van der Waals surface area contributed by atoms with Crippen molar-refractivity contribution in [3.63, 3.8) is 0 Å². The third-order valence-corrected chi connectivity index (χ3v) is 3.11. The fraction of sp³-hybridized carbons (Fsp3) is 0.455. The molecule has 0 radical (unpaired) electrons. The molecule has 1 aliphatic rings. The molecule has 2 aromatic rings. The summed E-state index contributed by atoms with van der Waals surface area (Å²) in [7, 11) is 0. The summed E-state index contributed by atoms with van der Waals surface area (Å²) in [5.74, 6) is 1.42. The molecule has 3 rings (SSSR count). The Bertz CT molecular complexity index is 550. The van der Waals surface area contributed by atoms with Crippen LogP contribution < -0.4 is 11.1 Å². The Kier molecular flexibility index (Phi) is 3.00. The average molecular weight is 261 g/mol. The monoisotopic (exact) mass is 261 g/mol. The molecule has 100 valence electrons. The highest BCUT2D eigenvalue weighted by Crippen LogP contribution is 2.26. The summed E-state index contributed by atoms with van der Waals surface area (Å²) >= 11 is 0. The van der Waals surface area contributed by atoms with E-state index in [0.717, 1.165) is 19.4 Å². The van der Waals surface area contributed by atoms with Crippen LogP contribution >= 0.6 is 0 Å². The average Bonchev–Trinajstić information content (AvgIpc) is 2.86. The summed E-state index contributed by atoms with van der Waals surface area (Å²) < 4.78 is 1.52. The zero-order valence-electron chi connectivity index (χ0n) is 10.3.